The van der Waals surface area contributed by atoms with Crippen LogP contribution in [-0.2, 0) is 17.9 Å². The highest BCUT2D eigenvalue weighted by molar-refractivity contribution is 5.91. The summed E-state index contributed by atoms with van der Waals surface area (Å²) in [6, 6.07) is 11.1. The lowest BCUT2D eigenvalue weighted by Crippen LogP contribution is -2.28. The summed E-state index contributed by atoms with van der Waals surface area (Å²) in [5.74, 6) is 0. The number of rotatable bonds is 3. The van der Waals surface area contributed by atoms with E-state index in [1.807, 2.05) is 24.3 Å². The summed E-state index contributed by atoms with van der Waals surface area (Å²) in [7, 11) is 0. The van der Waals surface area contributed by atoms with Gasteiger partial charge in [0.1, 0.15) is 5.60 Å². The zero-order valence-corrected chi connectivity index (χ0v) is 17.1. The maximum atomic E-state index is 12.8. The number of carbonyl (C=O) groups excluding carboxylic acids is 1. The molecule has 1 N–H and O–H groups in total. The van der Waals surface area contributed by atoms with Gasteiger partial charge in [0.2, 0.25) is 0 Å². The highest BCUT2D eigenvalue weighted by atomic mass is 16.6. The van der Waals surface area contributed by atoms with E-state index in [1.54, 1.807) is 56.1 Å². The lowest BCUT2D eigenvalue weighted by atomic mass is 10.1. The van der Waals surface area contributed by atoms with Gasteiger partial charge < -0.3 is 14.4 Å². The number of aliphatic hydroxyl groups is 1. The zero-order chi connectivity index (χ0) is 21.5. The van der Waals surface area contributed by atoms with Crippen LogP contribution in [0.3, 0.4) is 0 Å². The maximum Gasteiger partial charge on any atom is 0.419 e. The molecule has 7 nitrogen and oxygen atoms in total. The molecule has 0 unspecified atom stereocenters. The number of fused-ring (bicyclic) bond motifs is 2. The number of aliphatic hydroxyl groups excluding tert-OH is 1. The first kappa shape index (κ1) is 19.8. The van der Waals surface area contributed by atoms with Crippen LogP contribution in [0.15, 0.2) is 59.8 Å². The number of hydrogen-bond acceptors (Lipinski definition) is 5. The Hall–Kier alpha value is -3.45. The summed E-state index contributed by atoms with van der Waals surface area (Å²) in [6.07, 6.45) is 4.43. The molecule has 1 aromatic carbocycles. The lowest BCUT2D eigenvalue weighted by molar-refractivity contribution is 0.0533. The minimum Gasteiger partial charge on any atom is -0.443 e. The normalized spacial score (nSPS) is 11.9. The second kappa shape index (κ2) is 7.42. The molecule has 0 atom stereocenters. The fourth-order valence-electron chi connectivity index (χ4n) is 3.48. The standard InChI is InChI=1S/C23H23N3O4/c1-23(2,3)30-22(29)26-18(14-27)11-17-5-4-15(10-20(17)26)13-25-9-7-16-6-8-24-12-19(16)21(25)28/h4-12,27H,13-14H2,1-3H3. The smallest absolute Gasteiger partial charge is 0.419 e. The van der Waals surface area contributed by atoms with Crippen molar-refractivity contribution in [3.63, 3.8) is 0 Å². The maximum absolute atomic E-state index is 12.8. The molecule has 4 aromatic rings. The molecule has 0 spiro atoms. The Kier molecular flexibility index (Phi) is 4.91. The van der Waals surface area contributed by atoms with E-state index in [1.165, 1.54) is 4.57 Å². The van der Waals surface area contributed by atoms with E-state index < -0.39 is 11.7 Å². The Morgan fingerprint density at radius 2 is 1.93 bits per heavy atom. The van der Waals surface area contributed by atoms with Crippen molar-refractivity contribution >= 4 is 27.8 Å². The van der Waals surface area contributed by atoms with Gasteiger partial charge in [0, 0.05) is 24.0 Å². The fraction of sp³-hybridized carbons (Fsp3) is 0.261. The van der Waals surface area contributed by atoms with Gasteiger partial charge in [0.05, 0.1) is 29.7 Å². The Morgan fingerprint density at radius 1 is 1.13 bits per heavy atom. The molecule has 0 aliphatic carbocycles. The molecule has 0 fully saturated rings. The van der Waals surface area contributed by atoms with E-state index in [4.69, 9.17) is 4.74 Å². The summed E-state index contributed by atoms with van der Waals surface area (Å²) < 4.78 is 8.51. The average Bonchev–Trinajstić information content (AvgIpc) is 3.07. The van der Waals surface area contributed by atoms with Crippen LogP contribution in [0.2, 0.25) is 0 Å². The van der Waals surface area contributed by atoms with Crippen molar-refractivity contribution in [2.24, 2.45) is 0 Å². The molecule has 0 aliphatic heterocycles. The van der Waals surface area contributed by atoms with Crippen LogP contribution in [0.4, 0.5) is 4.79 Å². The largest absolute Gasteiger partial charge is 0.443 e. The topological polar surface area (TPSA) is 86.3 Å². The molecule has 0 saturated heterocycles. The predicted molar refractivity (Wildman–Crippen MR) is 115 cm³/mol. The molecule has 7 heteroatoms. The summed E-state index contributed by atoms with van der Waals surface area (Å²) >= 11 is 0. The third-order valence-electron chi connectivity index (χ3n) is 4.82. The van der Waals surface area contributed by atoms with Crippen LogP contribution >= 0.6 is 0 Å². The molecule has 0 aliphatic rings. The average molecular weight is 405 g/mol. The molecule has 4 rings (SSSR count). The van der Waals surface area contributed by atoms with Gasteiger partial charge in [0.15, 0.2) is 0 Å². The van der Waals surface area contributed by atoms with Gasteiger partial charge in [-0.25, -0.2) is 9.36 Å². The predicted octanol–water partition coefficient (Wildman–Crippen LogP) is 3.68. The van der Waals surface area contributed by atoms with Crippen molar-refractivity contribution in [2.45, 2.75) is 39.5 Å². The number of hydrogen-bond donors (Lipinski definition) is 1. The first-order valence-electron chi connectivity index (χ1n) is 9.67. The van der Waals surface area contributed by atoms with Crippen LogP contribution in [0.5, 0.6) is 0 Å². The number of pyridine rings is 2. The first-order chi connectivity index (χ1) is 14.3. The summed E-state index contributed by atoms with van der Waals surface area (Å²) in [6.45, 7) is 5.43. The van der Waals surface area contributed by atoms with Gasteiger partial charge in [-0.2, -0.15) is 0 Å². The number of aromatic nitrogens is 3. The van der Waals surface area contributed by atoms with Crippen LogP contribution in [0, 0.1) is 0 Å². The zero-order valence-electron chi connectivity index (χ0n) is 17.1. The van der Waals surface area contributed by atoms with Crippen LogP contribution in [-0.4, -0.2) is 30.9 Å². The van der Waals surface area contributed by atoms with Crippen molar-refractivity contribution in [2.75, 3.05) is 0 Å². The Morgan fingerprint density at radius 3 is 2.67 bits per heavy atom. The van der Waals surface area contributed by atoms with E-state index >= 15 is 0 Å². The highest BCUT2D eigenvalue weighted by Gasteiger charge is 2.22. The van der Waals surface area contributed by atoms with Gasteiger partial charge in [-0.15, -0.1) is 0 Å². The minimum absolute atomic E-state index is 0.126. The lowest BCUT2D eigenvalue weighted by Gasteiger charge is -2.20. The van der Waals surface area contributed by atoms with E-state index in [0.717, 1.165) is 16.3 Å². The molecule has 0 bridgehead atoms. The molecular formula is C23H23N3O4. The molecule has 30 heavy (non-hydrogen) atoms. The molecule has 3 aromatic heterocycles. The van der Waals surface area contributed by atoms with Crippen molar-refractivity contribution in [3.8, 4) is 0 Å². The van der Waals surface area contributed by atoms with Gasteiger partial charge in [-0.05, 0) is 56.0 Å². The second-order valence-electron chi connectivity index (χ2n) is 8.21. The number of nitrogens with zero attached hydrogens (tertiary/aromatic N) is 3. The van der Waals surface area contributed by atoms with Crippen molar-refractivity contribution in [1.29, 1.82) is 0 Å². The summed E-state index contributed by atoms with van der Waals surface area (Å²) in [5, 5.41) is 11.9. The highest BCUT2D eigenvalue weighted by Crippen LogP contribution is 2.24. The Bertz CT molecular complexity index is 1310. The van der Waals surface area contributed by atoms with Crippen LogP contribution in [0.1, 0.15) is 32.0 Å². The van der Waals surface area contributed by atoms with E-state index in [0.29, 0.717) is 23.1 Å². The van der Waals surface area contributed by atoms with Gasteiger partial charge >= 0.3 is 6.09 Å². The van der Waals surface area contributed by atoms with Crippen molar-refractivity contribution in [3.05, 3.63) is 76.6 Å². The third-order valence-corrected chi connectivity index (χ3v) is 4.82. The van der Waals surface area contributed by atoms with Crippen LogP contribution in [0.25, 0.3) is 21.7 Å². The SMILES string of the molecule is CC(C)(C)OC(=O)n1c(CO)cc2ccc(Cn3ccc4ccncc4c3=O)cc21. The minimum atomic E-state index is -0.662. The Labute approximate surface area is 173 Å². The van der Waals surface area contributed by atoms with E-state index in [-0.39, 0.29) is 12.2 Å². The van der Waals surface area contributed by atoms with E-state index in [2.05, 4.69) is 4.98 Å². The van der Waals surface area contributed by atoms with Gasteiger partial charge in [-0.3, -0.25) is 9.78 Å². The Balaban J connectivity index is 1.76. The third kappa shape index (κ3) is 3.71. The summed E-state index contributed by atoms with van der Waals surface area (Å²) in [5.41, 5.74) is 1.14. The van der Waals surface area contributed by atoms with Crippen molar-refractivity contribution in [1.82, 2.24) is 14.1 Å². The second-order valence-corrected chi connectivity index (χ2v) is 8.21. The number of ether oxygens (including phenoxy) is 1. The number of benzene rings is 1. The molecular weight excluding hydrogens is 382 g/mol. The van der Waals surface area contributed by atoms with Crippen molar-refractivity contribution < 1.29 is 14.6 Å². The molecule has 154 valence electrons. The van der Waals surface area contributed by atoms with Gasteiger partial charge in [-0.1, -0.05) is 12.1 Å². The quantitative estimate of drug-likeness (QED) is 0.562. The molecule has 3 heterocycles. The monoisotopic (exact) mass is 405 g/mol. The summed E-state index contributed by atoms with van der Waals surface area (Å²) in [4.78, 5) is 29.6. The van der Waals surface area contributed by atoms with Crippen LogP contribution < -0.4 is 5.56 Å². The fourth-order valence-corrected chi connectivity index (χ4v) is 3.48. The first-order valence-corrected chi connectivity index (χ1v) is 9.67. The van der Waals surface area contributed by atoms with Gasteiger partial charge in [0.25, 0.3) is 5.56 Å². The number of carbonyl (C=O) groups is 1. The molecule has 0 radical (unpaired) electrons. The molecule has 0 amide bonds. The van der Waals surface area contributed by atoms with E-state index in [9.17, 15) is 14.7 Å². The molecule has 0 saturated carbocycles.